The molecular formula is C33H65N3O7SSi. The van der Waals surface area contributed by atoms with Gasteiger partial charge in [-0.2, -0.15) is 0 Å². The molecule has 1 aliphatic rings. The van der Waals surface area contributed by atoms with Gasteiger partial charge >= 0.3 is 5.69 Å². The van der Waals surface area contributed by atoms with Crippen LogP contribution in [-0.4, -0.2) is 79.5 Å². The topological polar surface area (TPSA) is 131 Å². The monoisotopic (exact) mass is 675 g/mol. The highest BCUT2D eigenvalue weighted by molar-refractivity contribution is 7.85. The molecule has 264 valence electrons. The van der Waals surface area contributed by atoms with Gasteiger partial charge in [-0.1, -0.05) is 74.1 Å². The summed E-state index contributed by atoms with van der Waals surface area (Å²) in [6.07, 6.45) is 11.0. The summed E-state index contributed by atoms with van der Waals surface area (Å²) >= 11 is 0. The molecular weight excluding hydrogens is 611 g/mol. The van der Waals surface area contributed by atoms with Gasteiger partial charge in [-0.05, 0) is 57.2 Å². The Labute approximate surface area is 274 Å². The van der Waals surface area contributed by atoms with Gasteiger partial charge in [0.15, 0.2) is 8.32 Å². The number of aryl methyl sites for hydroxylation is 1. The summed E-state index contributed by atoms with van der Waals surface area (Å²) in [5.74, 6) is -0.568. The van der Waals surface area contributed by atoms with Gasteiger partial charge in [0.05, 0.1) is 48.5 Å². The molecule has 0 amide bonds. The molecule has 2 rings (SSSR count). The number of ether oxygens (including phenoxy) is 1. The first kappa shape index (κ1) is 41.7. The first-order chi connectivity index (χ1) is 20.8. The molecule has 0 aliphatic carbocycles. The standard InChI is InChI=1S/C17H30N2O7SSi.C16H36N/c1-11-10-19(16(21)18-15(11)20)14-9-13(26-28(5,6)17(2,3)4)12(25-14)7-8-27(22,23)24;1-5-9-13-17(14-10-6-2,15-11-7-3)16-12-8-4/h10,12-14H,7-9H2,1-6H3,(H,18,20,21)(H,22,23,24);5-16H2,1-4H3/q;+1/p-1/t12-,13+,14-;/m1./s1. The van der Waals surface area contributed by atoms with E-state index in [0.717, 1.165) is 0 Å². The highest BCUT2D eigenvalue weighted by Gasteiger charge is 2.45. The summed E-state index contributed by atoms with van der Waals surface area (Å²) in [4.78, 5) is 26.1. The lowest BCUT2D eigenvalue weighted by Gasteiger charge is -2.39. The van der Waals surface area contributed by atoms with E-state index in [2.05, 4.69) is 66.5 Å². The molecule has 1 saturated heterocycles. The van der Waals surface area contributed by atoms with Crippen molar-refractivity contribution in [1.29, 1.82) is 0 Å². The number of rotatable bonds is 18. The molecule has 0 spiro atoms. The molecule has 3 atom stereocenters. The van der Waals surface area contributed by atoms with Crippen molar-refractivity contribution in [3.8, 4) is 0 Å². The predicted molar refractivity (Wildman–Crippen MR) is 185 cm³/mol. The van der Waals surface area contributed by atoms with E-state index < -0.39 is 53.9 Å². The number of unbranched alkanes of at least 4 members (excludes halogenated alkanes) is 4. The van der Waals surface area contributed by atoms with Crippen molar-refractivity contribution >= 4 is 18.4 Å². The minimum Gasteiger partial charge on any atom is -0.748 e. The van der Waals surface area contributed by atoms with Crippen molar-refractivity contribution < 1.29 is 26.6 Å². The first-order valence-electron chi connectivity index (χ1n) is 17.3. The smallest absolute Gasteiger partial charge is 0.330 e. The van der Waals surface area contributed by atoms with E-state index >= 15 is 0 Å². The normalized spacial score (nSPS) is 19.4. The van der Waals surface area contributed by atoms with Crippen LogP contribution in [-0.2, 0) is 19.3 Å². The van der Waals surface area contributed by atoms with Gasteiger partial charge in [-0.3, -0.25) is 14.3 Å². The quantitative estimate of drug-likeness (QED) is 0.107. The SMILES string of the molecule is CCCC[N+](CCCC)(CCCC)CCCC.Cc1cn([C@H]2C[C@H](O[Si](C)(C)C(C)(C)C)[C@@H](CCS(=O)(=O)[O-])O2)c(=O)[nH]c1=O. The third-order valence-corrected chi connectivity index (χ3v) is 14.7. The molecule has 1 aromatic heterocycles. The molecule has 0 saturated carbocycles. The van der Waals surface area contributed by atoms with Gasteiger partial charge in [0.2, 0.25) is 0 Å². The van der Waals surface area contributed by atoms with Crippen LogP contribution >= 0.6 is 0 Å². The Morgan fingerprint density at radius 1 is 0.978 bits per heavy atom. The third kappa shape index (κ3) is 14.1. The Kier molecular flexibility index (Phi) is 17.5. The molecule has 1 N–H and O–H groups in total. The number of nitrogens with one attached hydrogen (secondary N) is 1. The summed E-state index contributed by atoms with van der Waals surface area (Å²) < 4.78 is 48.3. The van der Waals surface area contributed by atoms with Gasteiger partial charge < -0.3 is 18.2 Å². The van der Waals surface area contributed by atoms with Crippen molar-refractivity contribution in [2.75, 3.05) is 31.9 Å². The molecule has 0 unspecified atom stereocenters. The van der Waals surface area contributed by atoms with Crippen LogP contribution in [0.25, 0.3) is 0 Å². The average molecular weight is 676 g/mol. The van der Waals surface area contributed by atoms with Crippen LogP contribution in [0, 0.1) is 6.92 Å². The zero-order valence-electron chi connectivity index (χ0n) is 30.1. The lowest BCUT2D eigenvalue weighted by atomic mass is 10.1. The molecule has 0 radical (unpaired) electrons. The van der Waals surface area contributed by atoms with Gasteiger partial charge in [0, 0.05) is 23.9 Å². The van der Waals surface area contributed by atoms with Crippen LogP contribution in [0.4, 0.5) is 0 Å². The minimum atomic E-state index is -4.40. The summed E-state index contributed by atoms with van der Waals surface area (Å²) in [6, 6.07) is 0. The maximum absolute atomic E-state index is 12.2. The van der Waals surface area contributed by atoms with E-state index in [1.165, 1.54) is 92.8 Å². The Balaban J connectivity index is 0.000000512. The highest BCUT2D eigenvalue weighted by Crippen LogP contribution is 2.41. The van der Waals surface area contributed by atoms with Gasteiger partial charge in [0.25, 0.3) is 5.56 Å². The summed E-state index contributed by atoms with van der Waals surface area (Å²) in [5.41, 5.74) is -0.721. The number of H-pyrrole nitrogens is 1. The van der Waals surface area contributed by atoms with Crippen LogP contribution in [0.1, 0.15) is 124 Å². The van der Waals surface area contributed by atoms with Crippen LogP contribution in [0.5, 0.6) is 0 Å². The van der Waals surface area contributed by atoms with Crippen molar-refractivity contribution in [3.63, 3.8) is 0 Å². The number of aromatic amines is 1. The maximum atomic E-state index is 12.2. The second kappa shape index (κ2) is 18.9. The Morgan fingerprint density at radius 2 is 1.44 bits per heavy atom. The average Bonchev–Trinajstić information content (AvgIpc) is 3.34. The highest BCUT2D eigenvalue weighted by atomic mass is 32.2. The van der Waals surface area contributed by atoms with Gasteiger partial charge in [0.1, 0.15) is 6.23 Å². The number of nitrogens with zero attached hydrogens (tertiary/aromatic N) is 2. The maximum Gasteiger partial charge on any atom is 0.330 e. The van der Waals surface area contributed by atoms with Crippen LogP contribution in [0.15, 0.2) is 15.8 Å². The zero-order chi connectivity index (χ0) is 34.5. The van der Waals surface area contributed by atoms with Crippen molar-refractivity contribution in [3.05, 3.63) is 32.6 Å². The number of hydrogen-bond donors (Lipinski definition) is 1. The fourth-order valence-corrected chi connectivity index (χ4v) is 7.39. The fraction of sp³-hybridized carbons (Fsp3) is 0.879. The number of hydrogen-bond acceptors (Lipinski definition) is 7. The van der Waals surface area contributed by atoms with E-state index in [-0.39, 0.29) is 11.5 Å². The van der Waals surface area contributed by atoms with Crippen molar-refractivity contribution in [1.82, 2.24) is 9.55 Å². The molecule has 0 aromatic carbocycles. The van der Waals surface area contributed by atoms with Crippen LogP contribution in [0.2, 0.25) is 18.1 Å². The Morgan fingerprint density at radius 3 is 1.84 bits per heavy atom. The lowest BCUT2D eigenvalue weighted by molar-refractivity contribution is -0.929. The third-order valence-electron chi connectivity index (χ3n) is 9.49. The minimum absolute atomic E-state index is 0.0152. The van der Waals surface area contributed by atoms with E-state index in [4.69, 9.17) is 9.16 Å². The molecule has 45 heavy (non-hydrogen) atoms. The summed E-state index contributed by atoms with van der Waals surface area (Å²) in [6.45, 7) is 27.0. The Hall–Kier alpha value is -1.31. The summed E-state index contributed by atoms with van der Waals surface area (Å²) in [5, 5.41) is -0.0777. The molecule has 12 heteroatoms. The number of aromatic nitrogens is 2. The first-order valence-corrected chi connectivity index (χ1v) is 21.8. The zero-order valence-corrected chi connectivity index (χ0v) is 31.9. The van der Waals surface area contributed by atoms with Crippen LogP contribution in [0.3, 0.4) is 0 Å². The number of quaternary nitrogens is 1. The van der Waals surface area contributed by atoms with E-state index in [0.29, 0.717) is 12.0 Å². The van der Waals surface area contributed by atoms with E-state index in [1.807, 2.05) is 0 Å². The second-order valence-corrected chi connectivity index (χ2v) is 20.7. The lowest BCUT2D eigenvalue weighted by Crippen LogP contribution is -2.50. The molecule has 1 aliphatic heterocycles. The van der Waals surface area contributed by atoms with Crippen molar-refractivity contribution in [2.24, 2.45) is 0 Å². The van der Waals surface area contributed by atoms with E-state index in [1.54, 1.807) is 6.92 Å². The van der Waals surface area contributed by atoms with Gasteiger partial charge in [-0.15, -0.1) is 0 Å². The molecule has 2 heterocycles. The molecule has 10 nitrogen and oxygen atoms in total. The largest absolute Gasteiger partial charge is 0.748 e. The predicted octanol–water partition coefficient (Wildman–Crippen LogP) is 6.46. The fourth-order valence-electron chi connectivity index (χ4n) is 5.51. The second-order valence-electron chi connectivity index (χ2n) is 14.5. The van der Waals surface area contributed by atoms with Crippen LogP contribution < -0.4 is 11.2 Å². The Bertz CT molecular complexity index is 1190. The molecule has 0 bridgehead atoms. The molecule has 1 fully saturated rings. The van der Waals surface area contributed by atoms with E-state index in [9.17, 15) is 22.6 Å². The molecule has 1 aromatic rings. The van der Waals surface area contributed by atoms with Crippen molar-refractivity contribution in [2.45, 2.75) is 156 Å². The summed E-state index contributed by atoms with van der Waals surface area (Å²) in [7, 11) is -6.60. The van der Waals surface area contributed by atoms with Gasteiger partial charge in [-0.25, -0.2) is 13.2 Å².